The van der Waals surface area contributed by atoms with Crippen molar-refractivity contribution in [3.8, 4) is 0 Å². The summed E-state index contributed by atoms with van der Waals surface area (Å²) in [6, 6.07) is 0.634. The van der Waals surface area contributed by atoms with Crippen molar-refractivity contribution in [1.29, 1.82) is 0 Å². The average Bonchev–Trinajstić information content (AvgIpc) is 3.21. The Balaban J connectivity index is 0.00000264. The maximum atomic E-state index is 4.78. The smallest absolute Gasteiger partial charge is 0.191 e. The molecule has 1 saturated heterocycles. The van der Waals surface area contributed by atoms with E-state index in [1.165, 1.54) is 45.7 Å². The van der Waals surface area contributed by atoms with Gasteiger partial charge in [-0.05, 0) is 31.7 Å². The second kappa shape index (κ2) is 10.7. The maximum Gasteiger partial charge on any atom is 0.191 e. The fraction of sp³-hybridized carbons (Fsp3) is 0.941. The second-order valence-electron chi connectivity index (χ2n) is 7.02. The zero-order chi connectivity index (χ0) is 15.9. The quantitative estimate of drug-likeness (QED) is 0.363. The van der Waals surface area contributed by atoms with Crippen molar-refractivity contribution in [3.05, 3.63) is 0 Å². The summed E-state index contributed by atoms with van der Waals surface area (Å²) in [7, 11) is 0. The molecule has 0 radical (unpaired) electrons. The Bertz CT molecular complexity index is 355. The Morgan fingerprint density at radius 1 is 1.17 bits per heavy atom. The standard InChI is InChI=1S/C17H35N5.HI/c1-5-18-17(20-16-11-15(16)4)19-12-14(3)13-22-9-7-21(6-2)8-10-22;/h14-16H,5-13H2,1-4H3,(H2,18,19,20);1H. The summed E-state index contributed by atoms with van der Waals surface area (Å²) in [4.78, 5) is 9.91. The highest BCUT2D eigenvalue weighted by molar-refractivity contribution is 14.0. The molecule has 136 valence electrons. The highest BCUT2D eigenvalue weighted by atomic mass is 127. The van der Waals surface area contributed by atoms with Crippen molar-refractivity contribution in [2.75, 3.05) is 52.4 Å². The van der Waals surface area contributed by atoms with Gasteiger partial charge in [0.2, 0.25) is 0 Å². The third kappa shape index (κ3) is 7.56. The largest absolute Gasteiger partial charge is 0.357 e. The Morgan fingerprint density at radius 3 is 2.30 bits per heavy atom. The van der Waals surface area contributed by atoms with Crippen LogP contribution in [0.2, 0.25) is 0 Å². The van der Waals surface area contributed by atoms with Crippen LogP contribution in [0.1, 0.15) is 34.1 Å². The van der Waals surface area contributed by atoms with Crippen LogP contribution in [0.15, 0.2) is 4.99 Å². The van der Waals surface area contributed by atoms with Crippen LogP contribution in [0.4, 0.5) is 0 Å². The molecule has 6 heteroatoms. The van der Waals surface area contributed by atoms with Crippen LogP contribution >= 0.6 is 24.0 Å². The lowest BCUT2D eigenvalue weighted by Gasteiger charge is -2.35. The van der Waals surface area contributed by atoms with E-state index in [2.05, 4.69) is 48.1 Å². The van der Waals surface area contributed by atoms with Gasteiger partial charge in [-0.25, -0.2) is 0 Å². The molecule has 2 aliphatic rings. The minimum absolute atomic E-state index is 0. The molecule has 1 heterocycles. The molecule has 0 aromatic carbocycles. The van der Waals surface area contributed by atoms with E-state index >= 15 is 0 Å². The van der Waals surface area contributed by atoms with Crippen LogP contribution in [0, 0.1) is 11.8 Å². The number of hydrogen-bond acceptors (Lipinski definition) is 3. The molecule has 3 unspecified atom stereocenters. The molecule has 23 heavy (non-hydrogen) atoms. The topological polar surface area (TPSA) is 42.9 Å². The fourth-order valence-electron chi connectivity index (χ4n) is 3.05. The lowest BCUT2D eigenvalue weighted by atomic mass is 10.1. The first-order valence-electron chi connectivity index (χ1n) is 9.11. The Hall–Kier alpha value is -0.0800. The number of halogens is 1. The molecule has 5 nitrogen and oxygen atoms in total. The molecule has 0 bridgehead atoms. The van der Waals surface area contributed by atoms with E-state index in [1.807, 2.05) is 0 Å². The van der Waals surface area contributed by atoms with E-state index < -0.39 is 0 Å². The van der Waals surface area contributed by atoms with Crippen LogP contribution < -0.4 is 10.6 Å². The average molecular weight is 437 g/mol. The van der Waals surface area contributed by atoms with Gasteiger partial charge in [0.1, 0.15) is 0 Å². The van der Waals surface area contributed by atoms with E-state index in [0.717, 1.165) is 25.0 Å². The van der Waals surface area contributed by atoms with Gasteiger partial charge in [0.05, 0.1) is 0 Å². The number of nitrogens with zero attached hydrogens (tertiary/aromatic N) is 3. The third-order valence-corrected chi connectivity index (χ3v) is 4.82. The molecular formula is C17H36IN5. The predicted octanol–water partition coefficient (Wildman–Crippen LogP) is 1.84. The van der Waals surface area contributed by atoms with Gasteiger partial charge >= 0.3 is 0 Å². The molecule has 0 amide bonds. The van der Waals surface area contributed by atoms with Crippen LogP contribution in [-0.4, -0.2) is 74.2 Å². The lowest BCUT2D eigenvalue weighted by molar-refractivity contribution is 0.125. The number of piperazine rings is 1. The SMILES string of the molecule is CCNC(=NCC(C)CN1CCN(CC)CC1)NC1CC1C.I. The molecule has 1 aliphatic heterocycles. The van der Waals surface area contributed by atoms with Gasteiger partial charge in [0.25, 0.3) is 0 Å². The normalized spacial score (nSPS) is 27.2. The summed E-state index contributed by atoms with van der Waals surface area (Å²) in [5.41, 5.74) is 0. The van der Waals surface area contributed by atoms with Crippen LogP contribution in [-0.2, 0) is 0 Å². The zero-order valence-electron chi connectivity index (χ0n) is 15.3. The summed E-state index contributed by atoms with van der Waals surface area (Å²) < 4.78 is 0. The van der Waals surface area contributed by atoms with Crippen LogP contribution in [0.5, 0.6) is 0 Å². The highest BCUT2D eigenvalue weighted by Gasteiger charge is 2.33. The van der Waals surface area contributed by atoms with Gasteiger partial charge in [-0.1, -0.05) is 20.8 Å². The highest BCUT2D eigenvalue weighted by Crippen LogP contribution is 2.28. The molecule has 0 spiro atoms. The minimum atomic E-state index is 0. The van der Waals surface area contributed by atoms with E-state index in [4.69, 9.17) is 4.99 Å². The molecule has 2 rings (SSSR count). The Kier molecular flexibility index (Phi) is 9.77. The summed E-state index contributed by atoms with van der Waals surface area (Å²) in [6.45, 7) is 18.0. The fourth-order valence-corrected chi connectivity index (χ4v) is 3.05. The first-order chi connectivity index (χ1) is 10.6. The lowest BCUT2D eigenvalue weighted by Crippen LogP contribution is -2.47. The molecule has 0 aromatic heterocycles. The Morgan fingerprint density at radius 2 is 1.78 bits per heavy atom. The number of nitrogens with one attached hydrogen (secondary N) is 2. The molecule has 2 N–H and O–H groups in total. The van der Waals surface area contributed by atoms with Crippen molar-refractivity contribution in [1.82, 2.24) is 20.4 Å². The number of aliphatic imine (C=N–C) groups is 1. The molecular weight excluding hydrogens is 401 g/mol. The van der Waals surface area contributed by atoms with Crippen molar-refractivity contribution in [2.24, 2.45) is 16.8 Å². The van der Waals surface area contributed by atoms with Crippen molar-refractivity contribution in [2.45, 2.75) is 40.2 Å². The van der Waals surface area contributed by atoms with E-state index in [-0.39, 0.29) is 24.0 Å². The van der Waals surface area contributed by atoms with E-state index in [1.54, 1.807) is 0 Å². The molecule has 3 atom stereocenters. The number of rotatable bonds is 7. The van der Waals surface area contributed by atoms with Gasteiger partial charge in [0, 0.05) is 51.9 Å². The second-order valence-corrected chi connectivity index (χ2v) is 7.02. The molecule has 0 aromatic rings. The zero-order valence-corrected chi connectivity index (χ0v) is 17.7. The Labute approximate surface area is 159 Å². The summed E-state index contributed by atoms with van der Waals surface area (Å²) in [6.07, 6.45) is 1.28. The maximum absolute atomic E-state index is 4.78. The number of hydrogen-bond donors (Lipinski definition) is 2. The van der Waals surface area contributed by atoms with Crippen molar-refractivity contribution in [3.63, 3.8) is 0 Å². The summed E-state index contributed by atoms with van der Waals surface area (Å²) in [5, 5.41) is 6.90. The molecule has 1 aliphatic carbocycles. The predicted molar refractivity (Wildman–Crippen MR) is 110 cm³/mol. The first-order valence-corrected chi connectivity index (χ1v) is 9.11. The van der Waals surface area contributed by atoms with Gasteiger partial charge in [-0.15, -0.1) is 24.0 Å². The third-order valence-electron chi connectivity index (χ3n) is 4.82. The first kappa shape index (κ1) is 21.0. The van der Waals surface area contributed by atoms with Gasteiger partial charge in [-0.2, -0.15) is 0 Å². The van der Waals surface area contributed by atoms with E-state index in [9.17, 15) is 0 Å². The van der Waals surface area contributed by atoms with Gasteiger partial charge in [-0.3, -0.25) is 4.99 Å². The summed E-state index contributed by atoms with van der Waals surface area (Å²) in [5.74, 6) is 2.41. The van der Waals surface area contributed by atoms with Gasteiger partial charge in [0.15, 0.2) is 5.96 Å². The minimum Gasteiger partial charge on any atom is -0.357 e. The van der Waals surface area contributed by atoms with E-state index in [0.29, 0.717) is 12.0 Å². The van der Waals surface area contributed by atoms with Crippen LogP contribution in [0.25, 0.3) is 0 Å². The molecule has 2 fully saturated rings. The van der Waals surface area contributed by atoms with Crippen LogP contribution in [0.3, 0.4) is 0 Å². The van der Waals surface area contributed by atoms with Crippen molar-refractivity contribution < 1.29 is 0 Å². The van der Waals surface area contributed by atoms with Crippen molar-refractivity contribution >= 4 is 29.9 Å². The number of guanidine groups is 1. The summed E-state index contributed by atoms with van der Waals surface area (Å²) >= 11 is 0. The monoisotopic (exact) mass is 437 g/mol. The molecule has 1 saturated carbocycles. The number of likely N-dealkylation sites (N-methyl/N-ethyl adjacent to an activating group) is 1. The van der Waals surface area contributed by atoms with Gasteiger partial charge < -0.3 is 20.4 Å².